The lowest BCUT2D eigenvalue weighted by Gasteiger charge is -2.23. The van der Waals surface area contributed by atoms with Crippen LogP contribution in [0.25, 0.3) is 11.4 Å². The highest BCUT2D eigenvalue weighted by atomic mass is 32.1. The SMILES string of the molecule is Cn1c(-c2ccccc2)nn(CN(Cc2ccccc2[N+](=O)[O-])CC(F)(F)F)c1=S. The molecule has 0 bridgehead atoms. The van der Waals surface area contributed by atoms with E-state index in [-0.39, 0.29) is 29.2 Å². The Labute approximate surface area is 175 Å². The first-order valence-corrected chi connectivity index (χ1v) is 9.27. The van der Waals surface area contributed by atoms with Crippen LogP contribution in [0.2, 0.25) is 0 Å². The molecule has 11 heteroatoms. The number of halogens is 3. The van der Waals surface area contributed by atoms with Crippen LogP contribution >= 0.6 is 12.2 Å². The number of hydrogen-bond acceptors (Lipinski definition) is 5. The predicted octanol–water partition coefficient (Wildman–Crippen LogP) is 4.55. The summed E-state index contributed by atoms with van der Waals surface area (Å²) in [7, 11) is 1.68. The van der Waals surface area contributed by atoms with E-state index in [1.807, 2.05) is 30.3 Å². The van der Waals surface area contributed by atoms with Crippen LogP contribution in [0.5, 0.6) is 0 Å². The molecule has 0 amide bonds. The molecule has 1 heterocycles. The van der Waals surface area contributed by atoms with Crippen LogP contribution in [0.15, 0.2) is 54.6 Å². The maximum absolute atomic E-state index is 13.2. The minimum Gasteiger partial charge on any atom is -0.303 e. The summed E-state index contributed by atoms with van der Waals surface area (Å²) in [5.41, 5.74) is 0.711. The number of para-hydroxylation sites is 1. The Morgan fingerprint density at radius 2 is 1.77 bits per heavy atom. The van der Waals surface area contributed by atoms with E-state index in [1.165, 1.54) is 22.9 Å². The summed E-state index contributed by atoms with van der Waals surface area (Å²) in [6.45, 7) is -1.82. The van der Waals surface area contributed by atoms with E-state index in [0.717, 1.165) is 10.5 Å². The van der Waals surface area contributed by atoms with Gasteiger partial charge in [-0.2, -0.15) is 18.3 Å². The largest absolute Gasteiger partial charge is 0.401 e. The topological polar surface area (TPSA) is 69.1 Å². The normalized spacial score (nSPS) is 11.8. The van der Waals surface area contributed by atoms with Crippen molar-refractivity contribution in [2.45, 2.75) is 19.4 Å². The number of nitro groups is 1. The van der Waals surface area contributed by atoms with Crippen LogP contribution in [0.3, 0.4) is 0 Å². The van der Waals surface area contributed by atoms with Crippen LogP contribution in [0.1, 0.15) is 5.56 Å². The number of nitrogens with zero attached hydrogens (tertiary/aromatic N) is 5. The maximum atomic E-state index is 13.2. The van der Waals surface area contributed by atoms with Gasteiger partial charge < -0.3 is 4.57 Å². The van der Waals surface area contributed by atoms with Gasteiger partial charge in [0.1, 0.15) is 0 Å². The van der Waals surface area contributed by atoms with Crippen LogP contribution in [0, 0.1) is 14.9 Å². The molecule has 0 saturated heterocycles. The van der Waals surface area contributed by atoms with Gasteiger partial charge in [-0.15, -0.1) is 0 Å². The summed E-state index contributed by atoms with van der Waals surface area (Å²) in [4.78, 5) is 11.7. The fourth-order valence-corrected chi connectivity index (χ4v) is 3.27. The van der Waals surface area contributed by atoms with Gasteiger partial charge in [0.15, 0.2) is 10.6 Å². The molecule has 0 aliphatic carbocycles. The number of alkyl halides is 3. The highest BCUT2D eigenvalue weighted by molar-refractivity contribution is 7.71. The standard InChI is InChI=1S/C19H18F3N5O2S/c1-24-17(14-7-3-2-4-8-14)23-26(18(24)30)13-25(12-19(20,21)22)11-15-9-5-6-10-16(15)27(28)29/h2-10H,11-13H2,1H3. The molecule has 0 aliphatic heterocycles. The fraction of sp³-hybridized carbons (Fsp3) is 0.263. The predicted molar refractivity (Wildman–Crippen MR) is 107 cm³/mol. The maximum Gasteiger partial charge on any atom is 0.401 e. The van der Waals surface area contributed by atoms with Crippen molar-refractivity contribution >= 4 is 17.9 Å². The molecular formula is C19H18F3N5O2S. The van der Waals surface area contributed by atoms with Crippen molar-refractivity contribution in [2.24, 2.45) is 7.05 Å². The summed E-state index contributed by atoms with van der Waals surface area (Å²) in [5, 5.41) is 15.6. The van der Waals surface area contributed by atoms with Crippen LogP contribution in [0.4, 0.5) is 18.9 Å². The second-order valence-electron chi connectivity index (χ2n) is 6.66. The van der Waals surface area contributed by atoms with Crippen molar-refractivity contribution in [1.82, 2.24) is 19.2 Å². The number of hydrogen-bond donors (Lipinski definition) is 0. The Balaban J connectivity index is 1.93. The zero-order valence-electron chi connectivity index (χ0n) is 15.9. The number of rotatable bonds is 7. The number of benzene rings is 2. The van der Waals surface area contributed by atoms with Gasteiger partial charge in [-0.1, -0.05) is 48.5 Å². The summed E-state index contributed by atoms with van der Waals surface area (Å²) in [6.07, 6.45) is -4.50. The molecule has 0 atom stereocenters. The van der Waals surface area contributed by atoms with E-state index in [9.17, 15) is 23.3 Å². The zero-order valence-corrected chi connectivity index (χ0v) is 16.7. The molecule has 3 aromatic rings. The molecule has 2 aromatic carbocycles. The van der Waals surface area contributed by atoms with E-state index in [2.05, 4.69) is 5.10 Å². The molecule has 0 radical (unpaired) electrons. The molecule has 0 unspecified atom stereocenters. The van der Waals surface area contributed by atoms with E-state index in [0.29, 0.717) is 5.82 Å². The highest BCUT2D eigenvalue weighted by Crippen LogP contribution is 2.24. The smallest absolute Gasteiger partial charge is 0.303 e. The number of nitro benzene ring substituents is 1. The third kappa shape index (κ3) is 5.10. The quantitative estimate of drug-likeness (QED) is 0.308. The minimum absolute atomic E-state index is 0.178. The highest BCUT2D eigenvalue weighted by Gasteiger charge is 2.32. The molecule has 0 N–H and O–H groups in total. The Morgan fingerprint density at radius 3 is 2.40 bits per heavy atom. The van der Waals surface area contributed by atoms with E-state index >= 15 is 0 Å². The van der Waals surface area contributed by atoms with E-state index in [4.69, 9.17) is 12.2 Å². The van der Waals surface area contributed by atoms with Gasteiger partial charge in [0, 0.05) is 30.8 Å². The van der Waals surface area contributed by atoms with Gasteiger partial charge in [-0.3, -0.25) is 15.0 Å². The Bertz CT molecular complexity index is 1100. The third-order valence-corrected chi connectivity index (χ3v) is 4.88. The van der Waals surface area contributed by atoms with Gasteiger partial charge in [0.25, 0.3) is 5.69 Å². The molecule has 0 aliphatic rings. The first-order chi connectivity index (χ1) is 14.2. The lowest BCUT2D eigenvalue weighted by atomic mass is 10.1. The Hall–Kier alpha value is -3.05. The lowest BCUT2D eigenvalue weighted by Crippen LogP contribution is -2.35. The van der Waals surface area contributed by atoms with Crippen molar-refractivity contribution in [3.05, 3.63) is 75.0 Å². The molecule has 30 heavy (non-hydrogen) atoms. The summed E-state index contributed by atoms with van der Waals surface area (Å²) < 4.78 is 42.7. The fourth-order valence-electron chi connectivity index (χ4n) is 3.08. The zero-order chi connectivity index (χ0) is 21.9. The number of aromatic nitrogens is 3. The molecule has 3 rings (SSSR count). The van der Waals surface area contributed by atoms with E-state index < -0.39 is 17.6 Å². The monoisotopic (exact) mass is 437 g/mol. The molecule has 0 spiro atoms. The minimum atomic E-state index is -4.50. The van der Waals surface area contributed by atoms with Crippen LogP contribution < -0.4 is 0 Å². The molecule has 0 saturated carbocycles. The van der Waals surface area contributed by atoms with E-state index in [1.54, 1.807) is 17.7 Å². The molecule has 7 nitrogen and oxygen atoms in total. The van der Waals surface area contributed by atoms with Gasteiger partial charge in [-0.05, 0) is 12.2 Å². The van der Waals surface area contributed by atoms with Crippen LogP contribution in [-0.4, -0.2) is 36.9 Å². The van der Waals surface area contributed by atoms with Crippen molar-refractivity contribution in [2.75, 3.05) is 6.54 Å². The van der Waals surface area contributed by atoms with Crippen molar-refractivity contribution in [3.63, 3.8) is 0 Å². The molecule has 0 fully saturated rings. The van der Waals surface area contributed by atoms with Crippen molar-refractivity contribution in [3.8, 4) is 11.4 Å². The first kappa shape index (κ1) is 21.7. The summed E-state index contributed by atoms with van der Waals surface area (Å²) in [6, 6.07) is 14.8. The van der Waals surface area contributed by atoms with Gasteiger partial charge in [0.2, 0.25) is 0 Å². The van der Waals surface area contributed by atoms with Gasteiger partial charge >= 0.3 is 6.18 Å². The van der Waals surface area contributed by atoms with Gasteiger partial charge in [0.05, 0.1) is 18.1 Å². The Kier molecular flexibility index (Phi) is 6.32. The second kappa shape index (κ2) is 8.76. The summed E-state index contributed by atoms with van der Waals surface area (Å²) in [5.74, 6) is 0.512. The third-order valence-electron chi connectivity index (χ3n) is 4.39. The van der Waals surface area contributed by atoms with Crippen molar-refractivity contribution in [1.29, 1.82) is 0 Å². The molecular weight excluding hydrogens is 419 g/mol. The van der Waals surface area contributed by atoms with Crippen molar-refractivity contribution < 1.29 is 18.1 Å². The second-order valence-corrected chi connectivity index (χ2v) is 7.03. The summed E-state index contributed by atoms with van der Waals surface area (Å²) >= 11 is 5.35. The molecule has 1 aromatic heterocycles. The Morgan fingerprint density at radius 1 is 1.13 bits per heavy atom. The first-order valence-electron chi connectivity index (χ1n) is 8.86. The van der Waals surface area contributed by atoms with Crippen LogP contribution in [-0.2, 0) is 20.3 Å². The van der Waals surface area contributed by atoms with Gasteiger partial charge in [-0.25, -0.2) is 4.68 Å². The molecule has 158 valence electrons. The lowest BCUT2D eigenvalue weighted by molar-refractivity contribution is -0.385. The average Bonchev–Trinajstić information content (AvgIpc) is 2.96. The average molecular weight is 437 g/mol.